The van der Waals surface area contributed by atoms with Gasteiger partial charge in [0.2, 0.25) is 11.7 Å². The summed E-state index contributed by atoms with van der Waals surface area (Å²) in [5.74, 6) is -0.893. The molecule has 2 aromatic heterocycles. The molecule has 2 atom stereocenters. The number of carboxylic acids is 1. The average molecular weight is 493 g/mol. The van der Waals surface area contributed by atoms with Gasteiger partial charge in [0.05, 0.1) is 6.61 Å². The second-order valence-electron chi connectivity index (χ2n) is 7.23. The van der Waals surface area contributed by atoms with E-state index in [9.17, 15) is 19.5 Å². The molecule has 2 aliphatic heterocycles. The molecule has 14 heteroatoms. The highest BCUT2D eigenvalue weighted by Gasteiger charge is 2.53. The fourth-order valence-electron chi connectivity index (χ4n) is 3.48. The van der Waals surface area contributed by atoms with Crippen LogP contribution in [0.1, 0.15) is 6.92 Å². The lowest BCUT2D eigenvalue weighted by Gasteiger charge is -2.49. The van der Waals surface area contributed by atoms with E-state index < -0.39 is 12.0 Å². The van der Waals surface area contributed by atoms with Gasteiger partial charge in [0.25, 0.3) is 5.91 Å². The lowest BCUT2D eigenvalue weighted by Crippen LogP contribution is -2.67. The molecular formula is C19H22N7O5S2+. The number of thioether (sulfide) groups is 2. The number of carboxylic acid groups (broad SMARTS) is 1. The Morgan fingerprint density at radius 3 is 2.79 bits per heavy atom. The van der Waals surface area contributed by atoms with E-state index in [-0.39, 0.29) is 29.5 Å². The predicted molar refractivity (Wildman–Crippen MR) is 118 cm³/mol. The van der Waals surface area contributed by atoms with Gasteiger partial charge in [-0.3, -0.25) is 9.69 Å². The SMILES string of the molecule is CCOC(=O)C[n+]1ccc(N[C@@H]2C(=O)N3C(C(=O)O)=C(CSc4nnnn4C)CS[C@H]23)cc1. The Morgan fingerprint density at radius 2 is 2.15 bits per heavy atom. The fraction of sp³-hybridized carbons (Fsp3) is 0.421. The number of aromatic nitrogens is 5. The number of fused-ring (bicyclic) bond motifs is 1. The number of pyridine rings is 1. The third-order valence-corrected chi connectivity index (χ3v) is 7.47. The van der Waals surface area contributed by atoms with E-state index in [0.717, 1.165) is 0 Å². The molecule has 174 valence electrons. The fourth-order valence-corrected chi connectivity index (χ4v) is 5.82. The number of esters is 1. The molecule has 33 heavy (non-hydrogen) atoms. The Morgan fingerprint density at radius 1 is 1.39 bits per heavy atom. The van der Waals surface area contributed by atoms with Crippen LogP contribution in [0.25, 0.3) is 0 Å². The van der Waals surface area contributed by atoms with Gasteiger partial charge >= 0.3 is 11.9 Å². The van der Waals surface area contributed by atoms with Gasteiger partial charge in [0.1, 0.15) is 17.1 Å². The number of ether oxygens (including phenoxy) is 1. The average Bonchev–Trinajstić information content (AvgIpc) is 3.21. The first-order valence-electron chi connectivity index (χ1n) is 10.1. The van der Waals surface area contributed by atoms with E-state index in [0.29, 0.717) is 34.5 Å². The van der Waals surface area contributed by atoms with Crippen LogP contribution in [-0.4, -0.2) is 77.6 Å². The number of nitrogens with one attached hydrogen (secondary N) is 1. The zero-order valence-electron chi connectivity index (χ0n) is 17.9. The highest BCUT2D eigenvalue weighted by molar-refractivity contribution is 8.01. The summed E-state index contributed by atoms with van der Waals surface area (Å²) in [6.45, 7) is 2.17. The third kappa shape index (κ3) is 4.80. The van der Waals surface area contributed by atoms with Crippen LogP contribution in [0.4, 0.5) is 5.69 Å². The molecule has 0 aromatic carbocycles. The minimum atomic E-state index is -1.13. The summed E-state index contributed by atoms with van der Waals surface area (Å²) in [4.78, 5) is 37.8. The zero-order valence-corrected chi connectivity index (χ0v) is 19.5. The molecule has 0 radical (unpaired) electrons. The maximum Gasteiger partial charge on any atom is 0.372 e. The Labute approximate surface area is 197 Å². The Kier molecular flexibility index (Phi) is 6.83. The topological polar surface area (TPSA) is 143 Å². The van der Waals surface area contributed by atoms with Crippen molar-refractivity contribution in [2.45, 2.75) is 30.0 Å². The first-order valence-corrected chi connectivity index (χ1v) is 12.1. The van der Waals surface area contributed by atoms with Gasteiger partial charge in [0, 0.05) is 36.4 Å². The number of rotatable bonds is 9. The number of anilines is 1. The second kappa shape index (κ2) is 9.79. The van der Waals surface area contributed by atoms with Crippen LogP contribution in [0.15, 0.2) is 41.0 Å². The molecule has 0 spiro atoms. The molecule has 1 fully saturated rings. The number of tetrazole rings is 1. The molecule has 0 unspecified atom stereocenters. The maximum absolute atomic E-state index is 12.9. The van der Waals surface area contributed by atoms with Crippen molar-refractivity contribution in [2.24, 2.45) is 7.05 Å². The molecule has 2 aliphatic rings. The number of carbonyl (C=O) groups is 3. The maximum atomic E-state index is 12.9. The van der Waals surface area contributed by atoms with Crippen LogP contribution in [0.5, 0.6) is 0 Å². The molecule has 12 nitrogen and oxygen atoms in total. The molecule has 4 heterocycles. The van der Waals surface area contributed by atoms with Crippen molar-refractivity contribution in [3.8, 4) is 0 Å². The normalized spacial score (nSPS) is 19.7. The number of aliphatic carboxylic acids is 1. The quantitative estimate of drug-likeness (QED) is 0.209. The van der Waals surface area contributed by atoms with Crippen LogP contribution in [0, 0.1) is 0 Å². The smallest absolute Gasteiger partial charge is 0.372 e. The molecule has 0 saturated carbocycles. The Hall–Kier alpha value is -3.13. The van der Waals surface area contributed by atoms with Gasteiger partial charge in [-0.25, -0.2) is 14.3 Å². The Balaban J connectivity index is 1.42. The summed E-state index contributed by atoms with van der Waals surface area (Å²) in [6.07, 6.45) is 3.43. The number of nitrogens with zero attached hydrogens (tertiary/aromatic N) is 6. The second-order valence-corrected chi connectivity index (χ2v) is 9.27. The lowest BCUT2D eigenvalue weighted by atomic mass is 10.0. The molecule has 2 N–H and O–H groups in total. The monoisotopic (exact) mass is 492 g/mol. The molecule has 4 rings (SSSR count). The van der Waals surface area contributed by atoms with Crippen molar-refractivity contribution in [1.82, 2.24) is 25.1 Å². The summed E-state index contributed by atoms with van der Waals surface area (Å²) in [5.41, 5.74) is 1.39. The zero-order chi connectivity index (χ0) is 23.5. The number of amides is 1. The molecule has 2 aromatic rings. The number of aryl methyl sites for hydroxylation is 1. The molecule has 1 saturated heterocycles. The van der Waals surface area contributed by atoms with E-state index in [2.05, 4.69) is 20.8 Å². The summed E-state index contributed by atoms with van der Waals surface area (Å²) in [6, 6.07) is 2.98. The standard InChI is InChI=1S/C19H21N7O5S2/c1-3-31-13(27)8-25-6-4-12(5-7-25)20-14-16(28)26-15(18(29)30)11(9-32-17(14)26)10-33-19-21-22-23-24(19)2/h4-7,14,17H,3,8-10H2,1-2H3,(H,29,30)/p+1/t14-,17-/m1/s1. The van der Waals surface area contributed by atoms with Gasteiger partial charge in [-0.05, 0) is 22.9 Å². The first kappa shape index (κ1) is 23.0. The minimum absolute atomic E-state index is 0.0322. The predicted octanol–water partition coefficient (Wildman–Crippen LogP) is -0.113. The van der Waals surface area contributed by atoms with Crippen LogP contribution in [0.3, 0.4) is 0 Å². The van der Waals surface area contributed by atoms with Crippen molar-refractivity contribution in [2.75, 3.05) is 23.4 Å². The van der Waals surface area contributed by atoms with Gasteiger partial charge in [-0.2, -0.15) is 4.57 Å². The molecular weight excluding hydrogens is 470 g/mol. The van der Waals surface area contributed by atoms with Crippen LogP contribution in [-0.2, 0) is 32.7 Å². The lowest BCUT2D eigenvalue weighted by molar-refractivity contribution is -0.685. The van der Waals surface area contributed by atoms with E-state index in [4.69, 9.17) is 4.74 Å². The number of β-lactam (4-membered cyclic amide) rings is 1. The molecule has 0 bridgehead atoms. The van der Waals surface area contributed by atoms with Crippen LogP contribution in [0.2, 0.25) is 0 Å². The highest BCUT2D eigenvalue weighted by atomic mass is 32.2. The van der Waals surface area contributed by atoms with Crippen LogP contribution >= 0.6 is 23.5 Å². The number of hydrogen-bond donors (Lipinski definition) is 2. The van der Waals surface area contributed by atoms with E-state index >= 15 is 0 Å². The summed E-state index contributed by atoms with van der Waals surface area (Å²) >= 11 is 2.84. The minimum Gasteiger partial charge on any atom is -0.477 e. The van der Waals surface area contributed by atoms with E-state index in [1.807, 2.05) is 0 Å². The largest absolute Gasteiger partial charge is 0.477 e. The van der Waals surface area contributed by atoms with Gasteiger partial charge in [0.15, 0.2) is 12.4 Å². The first-order chi connectivity index (χ1) is 15.9. The van der Waals surface area contributed by atoms with Crippen molar-refractivity contribution < 1.29 is 28.8 Å². The molecule has 1 amide bonds. The van der Waals surface area contributed by atoms with Gasteiger partial charge in [-0.15, -0.1) is 16.9 Å². The summed E-state index contributed by atoms with van der Waals surface area (Å²) < 4.78 is 8.11. The van der Waals surface area contributed by atoms with Crippen molar-refractivity contribution in [3.63, 3.8) is 0 Å². The number of carbonyl (C=O) groups excluding carboxylic acids is 2. The summed E-state index contributed by atoms with van der Waals surface area (Å²) in [5, 5.41) is 24.5. The van der Waals surface area contributed by atoms with Crippen molar-refractivity contribution in [1.29, 1.82) is 0 Å². The number of hydrogen-bond acceptors (Lipinski definition) is 10. The van der Waals surface area contributed by atoms with E-state index in [1.54, 1.807) is 43.1 Å². The van der Waals surface area contributed by atoms with Crippen LogP contribution < -0.4 is 9.88 Å². The highest BCUT2D eigenvalue weighted by Crippen LogP contribution is 2.42. The van der Waals surface area contributed by atoms with Crippen molar-refractivity contribution >= 4 is 47.1 Å². The van der Waals surface area contributed by atoms with E-state index in [1.165, 1.54) is 33.1 Å². The van der Waals surface area contributed by atoms with Crippen molar-refractivity contribution in [3.05, 3.63) is 35.8 Å². The Bertz CT molecular complexity index is 1100. The van der Waals surface area contributed by atoms with Gasteiger partial charge in [-0.1, -0.05) is 11.8 Å². The molecule has 0 aliphatic carbocycles. The van der Waals surface area contributed by atoms with Gasteiger partial charge < -0.3 is 15.2 Å². The third-order valence-electron chi connectivity index (χ3n) is 5.04. The summed E-state index contributed by atoms with van der Waals surface area (Å²) in [7, 11) is 1.71.